The third-order valence-electron chi connectivity index (χ3n) is 9.37. The minimum absolute atomic E-state index is 0.0483. The lowest BCUT2D eigenvalue weighted by Gasteiger charge is -2.34. The van der Waals surface area contributed by atoms with Crippen LogP contribution in [0.3, 0.4) is 0 Å². The molecule has 7 rings (SSSR count). The average molecular weight is 559 g/mol. The second-order valence-electron chi connectivity index (χ2n) is 12.8. The van der Waals surface area contributed by atoms with Crippen LogP contribution in [0.25, 0.3) is 32.9 Å². The summed E-state index contributed by atoms with van der Waals surface area (Å²) < 4.78 is 37.7. The lowest BCUT2D eigenvalue weighted by Crippen LogP contribution is -2.32. The molecule has 0 amide bonds. The van der Waals surface area contributed by atoms with E-state index in [2.05, 4.69) is 14.9 Å². The Morgan fingerprint density at radius 3 is 2.56 bits per heavy atom. The van der Waals surface area contributed by atoms with E-state index in [4.69, 9.17) is 9.72 Å². The summed E-state index contributed by atoms with van der Waals surface area (Å²) in [4.78, 5) is 16.5. The van der Waals surface area contributed by atoms with Crippen molar-refractivity contribution in [3.8, 4) is 17.3 Å². The van der Waals surface area contributed by atoms with Crippen LogP contribution in [0, 0.1) is 17.0 Å². The zero-order valence-electron chi connectivity index (χ0n) is 23.5. The Bertz CT molecular complexity index is 1610. The van der Waals surface area contributed by atoms with Crippen LogP contribution in [0.4, 0.5) is 8.78 Å². The molecule has 2 unspecified atom stereocenters. The molecule has 0 spiro atoms. The topological polar surface area (TPSA) is 71.4 Å². The van der Waals surface area contributed by atoms with E-state index in [1.54, 1.807) is 36.5 Å². The number of ether oxygens (including phenoxy) is 1. The molecular weight excluding hydrogens is 522 g/mol. The van der Waals surface area contributed by atoms with Crippen molar-refractivity contribution in [2.75, 3.05) is 26.2 Å². The van der Waals surface area contributed by atoms with Gasteiger partial charge < -0.3 is 14.7 Å². The largest absolute Gasteiger partial charge is 0.463 e. The van der Waals surface area contributed by atoms with Crippen LogP contribution in [0.5, 0.6) is 6.01 Å². The number of nitrogens with zero attached hydrogens (tertiary/aromatic N) is 4. The third-order valence-corrected chi connectivity index (χ3v) is 9.37. The predicted octanol–water partition coefficient (Wildman–Crippen LogP) is 6.79. The van der Waals surface area contributed by atoms with Gasteiger partial charge >= 0.3 is 6.01 Å². The molecular formula is C33H36F2N4O2. The molecule has 2 aromatic carbocycles. The van der Waals surface area contributed by atoms with E-state index < -0.39 is 17.2 Å². The van der Waals surface area contributed by atoms with Gasteiger partial charge in [0.25, 0.3) is 0 Å². The third kappa shape index (κ3) is 5.17. The van der Waals surface area contributed by atoms with Crippen molar-refractivity contribution >= 4 is 21.7 Å². The minimum atomic E-state index is -0.818. The molecule has 3 heterocycles. The first-order valence-corrected chi connectivity index (χ1v) is 14.9. The fourth-order valence-electron chi connectivity index (χ4n) is 6.97. The zero-order chi connectivity index (χ0) is 28.2. The highest BCUT2D eigenvalue weighted by molar-refractivity contribution is 5.98. The van der Waals surface area contributed by atoms with Crippen molar-refractivity contribution in [2.45, 2.75) is 69.8 Å². The summed E-state index contributed by atoms with van der Waals surface area (Å²) in [5.74, 6) is -1.12. The van der Waals surface area contributed by atoms with Crippen molar-refractivity contribution < 1.29 is 18.6 Å². The molecule has 0 radical (unpaired) electrons. The number of fused-ring (bicyclic) bond motifs is 2. The van der Waals surface area contributed by atoms with Gasteiger partial charge in [-0.25, -0.2) is 8.78 Å². The first-order valence-electron chi connectivity index (χ1n) is 14.9. The fourth-order valence-corrected chi connectivity index (χ4v) is 6.97. The Kier molecular flexibility index (Phi) is 6.66. The Morgan fingerprint density at radius 1 is 1.02 bits per heavy atom. The molecule has 2 saturated carbocycles. The van der Waals surface area contributed by atoms with Crippen LogP contribution in [0.15, 0.2) is 42.6 Å². The summed E-state index contributed by atoms with van der Waals surface area (Å²) >= 11 is 0. The van der Waals surface area contributed by atoms with Crippen molar-refractivity contribution in [2.24, 2.45) is 5.41 Å². The van der Waals surface area contributed by atoms with E-state index in [-0.39, 0.29) is 28.6 Å². The maximum Gasteiger partial charge on any atom is 0.317 e. The number of likely N-dealkylation sites (tertiary alicyclic amines) is 1. The molecule has 3 aliphatic rings. The molecule has 3 fully saturated rings. The Morgan fingerprint density at radius 2 is 1.80 bits per heavy atom. The number of rotatable bonds is 7. The molecule has 2 aliphatic carbocycles. The summed E-state index contributed by atoms with van der Waals surface area (Å²) in [7, 11) is 0. The van der Waals surface area contributed by atoms with Gasteiger partial charge in [0.1, 0.15) is 17.0 Å². The fraction of sp³-hybridized carbons (Fsp3) is 0.485. The summed E-state index contributed by atoms with van der Waals surface area (Å²) in [6, 6.07) is 10.3. The van der Waals surface area contributed by atoms with E-state index in [1.807, 2.05) is 6.92 Å². The molecule has 4 aromatic rings. The molecule has 2 atom stereocenters. The molecule has 41 heavy (non-hydrogen) atoms. The first-order chi connectivity index (χ1) is 19.8. The minimum Gasteiger partial charge on any atom is -0.463 e. The Balaban J connectivity index is 1.31. The number of aliphatic hydroxyl groups is 1. The first kappa shape index (κ1) is 26.7. The van der Waals surface area contributed by atoms with Gasteiger partial charge in [-0.2, -0.15) is 9.97 Å². The van der Waals surface area contributed by atoms with Crippen molar-refractivity contribution in [3.05, 3.63) is 59.9 Å². The summed E-state index contributed by atoms with van der Waals surface area (Å²) in [5.41, 5.74) is 0.494. The van der Waals surface area contributed by atoms with Crippen LogP contribution < -0.4 is 4.74 Å². The van der Waals surface area contributed by atoms with Crippen LogP contribution in [-0.2, 0) is 0 Å². The van der Waals surface area contributed by atoms with Crippen LogP contribution in [0.1, 0.15) is 69.9 Å². The van der Waals surface area contributed by atoms with Crippen molar-refractivity contribution in [1.82, 2.24) is 19.9 Å². The molecule has 0 bridgehead atoms. The number of pyridine rings is 1. The number of halogens is 2. The van der Waals surface area contributed by atoms with Crippen LogP contribution in [-0.4, -0.2) is 56.8 Å². The van der Waals surface area contributed by atoms with Gasteiger partial charge in [0.15, 0.2) is 5.82 Å². The Labute approximate surface area is 238 Å². The van der Waals surface area contributed by atoms with Gasteiger partial charge in [-0.3, -0.25) is 4.98 Å². The molecule has 6 nitrogen and oxygen atoms in total. The Hall–Kier alpha value is -3.23. The quantitative estimate of drug-likeness (QED) is 0.269. The van der Waals surface area contributed by atoms with Gasteiger partial charge in [-0.15, -0.1) is 0 Å². The van der Waals surface area contributed by atoms with Gasteiger partial charge in [0.05, 0.1) is 17.9 Å². The number of hydrogen-bond donors (Lipinski definition) is 1. The lowest BCUT2D eigenvalue weighted by atomic mass is 9.77. The highest BCUT2D eigenvalue weighted by Crippen LogP contribution is 2.47. The summed E-state index contributed by atoms with van der Waals surface area (Å²) in [6.07, 6.45) is 9.22. The van der Waals surface area contributed by atoms with E-state index >= 15 is 4.39 Å². The van der Waals surface area contributed by atoms with Gasteiger partial charge in [0.2, 0.25) is 0 Å². The average Bonchev–Trinajstić information content (AvgIpc) is 3.53. The number of aromatic nitrogens is 3. The van der Waals surface area contributed by atoms with E-state index in [0.717, 1.165) is 51.7 Å². The highest BCUT2D eigenvalue weighted by Gasteiger charge is 2.45. The van der Waals surface area contributed by atoms with Crippen LogP contribution in [0.2, 0.25) is 0 Å². The smallest absolute Gasteiger partial charge is 0.317 e. The summed E-state index contributed by atoms with van der Waals surface area (Å²) in [6.45, 7) is 5.62. The molecule has 8 heteroatoms. The monoisotopic (exact) mass is 558 g/mol. The van der Waals surface area contributed by atoms with E-state index in [9.17, 15) is 9.50 Å². The van der Waals surface area contributed by atoms with E-state index in [0.29, 0.717) is 40.4 Å². The zero-order valence-corrected chi connectivity index (χ0v) is 23.5. The maximum absolute atomic E-state index is 16.5. The highest BCUT2D eigenvalue weighted by atomic mass is 19.1. The van der Waals surface area contributed by atoms with Crippen LogP contribution >= 0.6 is 0 Å². The lowest BCUT2D eigenvalue weighted by molar-refractivity contribution is 0.0140. The second kappa shape index (κ2) is 10.2. The van der Waals surface area contributed by atoms with Gasteiger partial charge in [-0.1, -0.05) is 30.3 Å². The number of benzene rings is 2. The van der Waals surface area contributed by atoms with Crippen molar-refractivity contribution in [3.63, 3.8) is 0 Å². The summed E-state index contributed by atoms with van der Waals surface area (Å²) in [5, 5.41) is 12.4. The molecule has 2 aromatic heterocycles. The second-order valence-corrected chi connectivity index (χ2v) is 12.8. The molecule has 1 N–H and O–H groups in total. The molecule has 1 saturated heterocycles. The number of hydrogen-bond acceptors (Lipinski definition) is 6. The van der Waals surface area contributed by atoms with E-state index in [1.165, 1.54) is 18.9 Å². The molecule has 1 aliphatic heterocycles. The van der Waals surface area contributed by atoms with Gasteiger partial charge in [-0.05, 0) is 82.8 Å². The molecule has 214 valence electrons. The van der Waals surface area contributed by atoms with Gasteiger partial charge in [0, 0.05) is 40.4 Å². The standard InChI is InChI=1S/C33H36F2N4O2/c1-32(40)12-6-9-22(17-32)28-24-18-36-29(23-10-4-7-21-8-5-11-25(34)26(21)23)27(35)30(24)38-31(37-28)41-20-33(13-14-33)19-39-15-2-3-16-39/h4-5,7-8,10-11,18,22,40H,2-3,6,9,12-17,19-20H2,1H3. The SMILES string of the molecule is CC1(O)CCCC(c2nc(OCC3(CN4CCCC4)CC3)nc3c(F)c(-c4cccc5cccc(F)c45)ncc23)C1. The normalized spacial score (nSPS) is 24.2. The predicted molar refractivity (Wildman–Crippen MR) is 155 cm³/mol. The van der Waals surface area contributed by atoms with Crippen molar-refractivity contribution in [1.29, 1.82) is 0 Å². The maximum atomic E-state index is 16.5.